The lowest BCUT2D eigenvalue weighted by Gasteiger charge is -2.41. The number of hydrogen-bond acceptors (Lipinski definition) is 3. The average molecular weight is 281 g/mol. The Morgan fingerprint density at radius 2 is 2.05 bits per heavy atom. The number of amides is 1. The highest BCUT2D eigenvalue weighted by Crippen LogP contribution is 2.18. The molecule has 4 nitrogen and oxygen atoms in total. The zero-order chi connectivity index (χ0) is 14.5. The summed E-state index contributed by atoms with van der Waals surface area (Å²) in [5, 5.41) is 3.59. The first-order valence-electron chi connectivity index (χ1n) is 8.42. The van der Waals surface area contributed by atoms with Gasteiger partial charge in [0.25, 0.3) is 0 Å². The van der Waals surface area contributed by atoms with Crippen LogP contribution in [0.15, 0.2) is 0 Å². The van der Waals surface area contributed by atoms with Gasteiger partial charge in [0.15, 0.2) is 0 Å². The molecule has 0 aromatic carbocycles. The molecule has 2 aliphatic rings. The Balaban J connectivity index is 1.93. The smallest absolute Gasteiger partial charge is 0.236 e. The zero-order valence-electron chi connectivity index (χ0n) is 13.4. The van der Waals surface area contributed by atoms with Gasteiger partial charge in [0, 0.05) is 37.8 Å². The van der Waals surface area contributed by atoms with Crippen molar-refractivity contribution in [2.75, 3.05) is 26.2 Å². The monoisotopic (exact) mass is 281 g/mol. The van der Waals surface area contributed by atoms with Crippen molar-refractivity contribution >= 4 is 5.91 Å². The first-order chi connectivity index (χ1) is 9.65. The predicted molar refractivity (Wildman–Crippen MR) is 82.8 cm³/mol. The second-order valence-corrected chi connectivity index (χ2v) is 6.44. The fourth-order valence-corrected chi connectivity index (χ4v) is 3.53. The van der Waals surface area contributed by atoms with Crippen molar-refractivity contribution in [3.05, 3.63) is 0 Å². The van der Waals surface area contributed by atoms with Crippen molar-refractivity contribution < 1.29 is 4.79 Å². The maximum atomic E-state index is 12.6. The van der Waals surface area contributed by atoms with Gasteiger partial charge in [-0.1, -0.05) is 13.8 Å². The quantitative estimate of drug-likeness (QED) is 0.854. The maximum absolute atomic E-state index is 12.6. The van der Waals surface area contributed by atoms with Gasteiger partial charge >= 0.3 is 0 Å². The van der Waals surface area contributed by atoms with Gasteiger partial charge in [-0.2, -0.15) is 0 Å². The van der Waals surface area contributed by atoms with Crippen LogP contribution in [0.1, 0.15) is 52.9 Å². The van der Waals surface area contributed by atoms with Crippen molar-refractivity contribution in [2.24, 2.45) is 0 Å². The predicted octanol–water partition coefficient (Wildman–Crippen LogP) is 1.85. The Kier molecular flexibility index (Phi) is 5.85. The number of hydrogen-bond donors (Lipinski definition) is 1. The van der Waals surface area contributed by atoms with Crippen molar-refractivity contribution in [3.63, 3.8) is 0 Å². The van der Waals surface area contributed by atoms with Crippen LogP contribution in [0, 0.1) is 0 Å². The summed E-state index contributed by atoms with van der Waals surface area (Å²) in [6, 6.07) is 1.49. The van der Waals surface area contributed by atoms with Gasteiger partial charge in [0.05, 0.1) is 6.54 Å². The highest BCUT2D eigenvalue weighted by atomic mass is 16.2. The van der Waals surface area contributed by atoms with E-state index in [1.807, 2.05) is 0 Å². The molecular formula is C16H31N3O. The van der Waals surface area contributed by atoms with Crippen molar-refractivity contribution in [1.29, 1.82) is 0 Å². The largest absolute Gasteiger partial charge is 0.339 e. The van der Waals surface area contributed by atoms with E-state index in [0.717, 1.165) is 32.5 Å². The van der Waals surface area contributed by atoms with E-state index < -0.39 is 0 Å². The molecule has 0 radical (unpaired) electrons. The van der Waals surface area contributed by atoms with Gasteiger partial charge < -0.3 is 10.2 Å². The number of nitrogens with one attached hydrogen (secondary N) is 1. The fourth-order valence-electron chi connectivity index (χ4n) is 3.53. The fraction of sp³-hybridized carbons (Fsp3) is 0.938. The van der Waals surface area contributed by atoms with Crippen LogP contribution in [-0.4, -0.2) is 60.0 Å². The molecule has 2 aliphatic heterocycles. The third-order valence-corrected chi connectivity index (χ3v) is 5.04. The molecule has 1 amide bonds. The second kappa shape index (κ2) is 7.41. The van der Waals surface area contributed by atoms with E-state index in [1.165, 1.54) is 19.3 Å². The molecule has 2 fully saturated rings. The van der Waals surface area contributed by atoms with Crippen molar-refractivity contribution in [1.82, 2.24) is 15.1 Å². The van der Waals surface area contributed by atoms with Crippen LogP contribution in [0.3, 0.4) is 0 Å². The molecule has 4 heteroatoms. The molecule has 2 heterocycles. The van der Waals surface area contributed by atoms with Crippen LogP contribution >= 0.6 is 0 Å². The van der Waals surface area contributed by atoms with Crippen LogP contribution in [0.2, 0.25) is 0 Å². The van der Waals surface area contributed by atoms with Gasteiger partial charge in [-0.15, -0.1) is 0 Å². The van der Waals surface area contributed by atoms with Crippen LogP contribution < -0.4 is 5.32 Å². The summed E-state index contributed by atoms with van der Waals surface area (Å²) in [4.78, 5) is 17.1. The molecule has 20 heavy (non-hydrogen) atoms. The topological polar surface area (TPSA) is 35.6 Å². The highest BCUT2D eigenvalue weighted by molar-refractivity contribution is 5.78. The standard InChI is InChI=1S/C16H31N3O/c1-4-14-11-18(15(5-2)10-17-14)12-16(20)19-9-7-6-8-13(19)3/h13-15,17H,4-12H2,1-3H3. The minimum atomic E-state index is 0.340. The highest BCUT2D eigenvalue weighted by Gasteiger charge is 2.30. The normalized spacial score (nSPS) is 32.4. The summed E-state index contributed by atoms with van der Waals surface area (Å²) >= 11 is 0. The summed E-state index contributed by atoms with van der Waals surface area (Å²) in [7, 11) is 0. The number of likely N-dealkylation sites (tertiary alicyclic amines) is 1. The summed E-state index contributed by atoms with van der Waals surface area (Å²) in [6.45, 7) is 10.2. The molecule has 0 aliphatic carbocycles. The van der Waals surface area contributed by atoms with Crippen LogP contribution in [0.25, 0.3) is 0 Å². The van der Waals surface area contributed by atoms with E-state index in [9.17, 15) is 4.79 Å². The van der Waals surface area contributed by atoms with Gasteiger partial charge in [-0.3, -0.25) is 9.69 Å². The Bertz CT molecular complexity index is 321. The molecule has 2 saturated heterocycles. The lowest BCUT2D eigenvalue weighted by atomic mass is 10.0. The molecule has 0 aromatic heterocycles. The minimum absolute atomic E-state index is 0.340. The first-order valence-corrected chi connectivity index (χ1v) is 8.42. The Morgan fingerprint density at radius 1 is 1.25 bits per heavy atom. The van der Waals surface area contributed by atoms with Crippen molar-refractivity contribution in [2.45, 2.75) is 71.0 Å². The molecule has 0 spiro atoms. The molecule has 1 N–H and O–H groups in total. The molecule has 2 rings (SSSR count). The van der Waals surface area contributed by atoms with Gasteiger partial charge in [-0.05, 0) is 39.0 Å². The minimum Gasteiger partial charge on any atom is -0.339 e. The third-order valence-electron chi connectivity index (χ3n) is 5.04. The number of piperidine rings is 1. The van der Waals surface area contributed by atoms with E-state index >= 15 is 0 Å². The molecule has 3 atom stereocenters. The van der Waals surface area contributed by atoms with Crippen LogP contribution in [0.4, 0.5) is 0 Å². The molecule has 116 valence electrons. The average Bonchev–Trinajstić information content (AvgIpc) is 2.47. The number of piperazine rings is 1. The number of carbonyl (C=O) groups is 1. The van der Waals surface area contributed by atoms with E-state index in [2.05, 4.69) is 35.9 Å². The van der Waals surface area contributed by atoms with E-state index in [0.29, 0.717) is 30.6 Å². The number of nitrogens with zero attached hydrogens (tertiary/aromatic N) is 2. The summed E-state index contributed by atoms with van der Waals surface area (Å²) in [5.74, 6) is 0.340. The van der Waals surface area contributed by atoms with E-state index in [-0.39, 0.29) is 0 Å². The lowest BCUT2D eigenvalue weighted by molar-refractivity contribution is -0.136. The zero-order valence-corrected chi connectivity index (χ0v) is 13.4. The molecule has 0 saturated carbocycles. The van der Waals surface area contributed by atoms with E-state index in [4.69, 9.17) is 0 Å². The van der Waals surface area contributed by atoms with E-state index in [1.54, 1.807) is 0 Å². The summed E-state index contributed by atoms with van der Waals surface area (Å²) in [6.07, 6.45) is 5.87. The second-order valence-electron chi connectivity index (χ2n) is 6.44. The first kappa shape index (κ1) is 15.8. The maximum Gasteiger partial charge on any atom is 0.236 e. The molecular weight excluding hydrogens is 250 g/mol. The van der Waals surface area contributed by atoms with Crippen LogP contribution in [-0.2, 0) is 4.79 Å². The van der Waals surface area contributed by atoms with Gasteiger partial charge in [0.1, 0.15) is 0 Å². The summed E-state index contributed by atoms with van der Waals surface area (Å²) in [5.41, 5.74) is 0. The van der Waals surface area contributed by atoms with Crippen molar-refractivity contribution in [3.8, 4) is 0 Å². The van der Waals surface area contributed by atoms with Gasteiger partial charge in [-0.25, -0.2) is 0 Å². The molecule has 0 bridgehead atoms. The Morgan fingerprint density at radius 3 is 2.70 bits per heavy atom. The Labute approximate surface area is 123 Å². The van der Waals surface area contributed by atoms with Crippen LogP contribution in [0.5, 0.6) is 0 Å². The Hall–Kier alpha value is -0.610. The molecule has 0 aromatic rings. The third kappa shape index (κ3) is 3.73. The summed E-state index contributed by atoms with van der Waals surface area (Å²) < 4.78 is 0. The number of carbonyl (C=O) groups excluding carboxylic acids is 1. The lowest BCUT2D eigenvalue weighted by Crippen LogP contribution is -2.58. The number of rotatable bonds is 4. The molecule has 3 unspecified atom stereocenters. The van der Waals surface area contributed by atoms with Gasteiger partial charge in [0.2, 0.25) is 5.91 Å². The SMILES string of the molecule is CCC1CN(CC(=O)N2CCCCC2C)C(CC)CN1.